The molecule has 7 nitrogen and oxygen atoms in total. The molecule has 0 spiro atoms. The maximum Gasteiger partial charge on any atom is 0.271 e. The van der Waals surface area contributed by atoms with Crippen molar-refractivity contribution in [3.05, 3.63) is 34.4 Å². The highest BCUT2D eigenvalue weighted by Gasteiger charge is 2.44. The summed E-state index contributed by atoms with van der Waals surface area (Å²) in [4.78, 5) is 25.6. The van der Waals surface area contributed by atoms with Crippen LogP contribution in [0.25, 0.3) is 0 Å². The molecule has 1 aromatic rings. The van der Waals surface area contributed by atoms with Crippen molar-refractivity contribution in [1.82, 2.24) is 4.90 Å². The Hall–Kier alpha value is -2.15. The predicted molar refractivity (Wildman–Crippen MR) is 91.7 cm³/mol. The van der Waals surface area contributed by atoms with Gasteiger partial charge in [0, 0.05) is 37.0 Å². The van der Waals surface area contributed by atoms with Crippen molar-refractivity contribution in [3.63, 3.8) is 0 Å². The maximum atomic E-state index is 13.1. The average Bonchev–Trinajstić information content (AvgIpc) is 3.11. The number of nitrogens with one attached hydrogen (secondary N) is 1. The first kappa shape index (κ1) is 16.7. The Morgan fingerprint density at radius 3 is 2.58 bits per heavy atom. The van der Waals surface area contributed by atoms with Gasteiger partial charge in [-0.2, -0.15) is 0 Å². The van der Waals surface area contributed by atoms with E-state index in [0.29, 0.717) is 18.5 Å². The van der Waals surface area contributed by atoms with Crippen LogP contribution in [0.3, 0.4) is 0 Å². The first-order valence-electron chi connectivity index (χ1n) is 8.58. The van der Waals surface area contributed by atoms with Crippen LogP contribution in [0.5, 0.6) is 0 Å². The molecule has 1 saturated carbocycles. The van der Waals surface area contributed by atoms with Crippen LogP contribution in [0.1, 0.15) is 38.5 Å². The molecule has 3 rings (SSSR count). The fourth-order valence-electron chi connectivity index (χ4n) is 3.72. The van der Waals surface area contributed by atoms with Gasteiger partial charge in [0.05, 0.1) is 4.92 Å². The van der Waals surface area contributed by atoms with Crippen LogP contribution in [-0.4, -0.2) is 40.4 Å². The zero-order valence-electron chi connectivity index (χ0n) is 13.7. The fourth-order valence-corrected chi connectivity index (χ4v) is 3.72. The Kier molecular flexibility index (Phi) is 4.71. The lowest BCUT2D eigenvalue weighted by Crippen LogP contribution is -2.56. The number of nitro benzene ring substituents is 1. The zero-order chi connectivity index (χ0) is 17.2. The number of amides is 1. The van der Waals surface area contributed by atoms with Crippen molar-refractivity contribution in [2.45, 2.75) is 50.1 Å². The second-order valence-electron chi connectivity index (χ2n) is 6.85. The number of non-ortho nitro benzene ring substituents is 1. The molecule has 130 valence electrons. The van der Waals surface area contributed by atoms with Gasteiger partial charge in [-0.15, -0.1) is 0 Å². The Labute approximate surface area is 141 Å². The van der Waals surface area contributed by atoms with Gasteiger partial charge in [0.15, 0.2) is 0 Å². The van der Waals surface area contributed by atoms with Crippen molar-refractivity contribution in [2.24, 2.45) is 5.73 Å². The third-order valence-electron chi connectivity index (χ3n) is 5.13. The summed E-state index contributed by atoms with van der Waals surface area (Å²) in [5, 5.41) is 14.3. The zero-order valence-corrected chi connectivity index (χ0v) is 13.7. The summed E-state index contributed by atoms with van der Waals surface area (Å²) in [6.45, 7) is 1.59. The molecule has 0 atom stereocenters. The molecule has 1 aliphatic heterocycles. The summed E-state index contributed by atoms with van der Waals surface area (Å²) in [5.41, 5.74) is 5.97. The summed E-state index contributed by atoms with van der Waals surface area (Å²) in [5.74, 6) is 0.110. The number of hydrogen-bond donors (Lipinski definition) is 2. The SMILES string of the molecule is NC1CCC(Nc2cccc([N+](=O)[O-])c2)(C(=O)N2CCCC2)CC1. The number of nitrogens with zero attached hydrogens (tertiary/aromatic N) is 2. The molecule has 0 aromatic heterocycles. The predicted octanol–water partition coefficient (Wildman–Crippen LogP) is 2.27. The Morgan fingerprint density at radius 1 is 1.29 bits per heavy atom. The minimum atomic E-state index is -0.699. The molecule has 24 heavy (non-hydrogen) atoms. The lowest BCUT2D eigenvalue weighted by atomic mass is 9.78. The normalized spacial score (nSPS) is 27.0. The molecule has 1 saturated heterocycles. The van der Waals surface area contributed by atoms with Gasteiger partial charge >= 0.3 is 0 Å². The van der Waals surface area contributed by atoms with Gasteiger partial charge in [-0.05, 0) is 44.6 Å². The van der Waals surface area contributed by atoms with Gasteiger partial charge in [-0.3, -0.25) is 14.9 Å². The molecule has 2 aliphatic rings. The van der Waals surface area contributed by atoms with Crippen molar-refractivity contribution in [3.8, 4) is 0 Å². The second kappa shape index (κ2) is 6.76. The van der Waals surface area contributed by atoms with Crippen molar-refractivity contribution < 1.29 is 9.72 Å². The van der Waals surface area contributed by atoms with Gasteiger partial charge < -0.3 is 16.0 Å². The van der Waals surface area contributed by atoms with Gasteiger partial charge in [0.2, 0.25) is 5.91 Å². The van der Waals surface area contributed by atoms with Crippen LogP contribution >= 0.6 is 0 Å². The lowest BCUT2D eigenvalue weighted by Gasteiger charge is -2.41. The highest BCUT2D eigenvalue weighted by molar-refractivity contribution is 5.90. The van der Waals surface area contributed by atoms with Crippen LogP contribution in [0.2, 0.25) is 0 Å². The highest BCUT2D eigenvalue weighted by Crippen LogP contribution is 2.34. The van der Waals surface area contributed by atoms with Gasteiger partial charge in [-0.25, -0.2) is 0 Å². The van der Waals surface area contributed by atoms with Crippen LogP contribution in [-0.2, 0) is 4.79 Å². The summed E-state index contributed by atoms with van der Waals surface area (Å²) in [6, 6.07) is 6.49. The Balaban J connectivity index is 1.86. The van der Waals surface area contributed by atoms with Crippen LogP contribution in [0, 0.1) is 10.1 Å². The topological polar surface area (TPSA) is 101 Å². The first-order valence-corrected chi connectivity index (χ1v) is 8.58. The van der Waals surface area contributed by atoms with E-state index >= 15 is 0 Å². The summed E-state index contributed by atoms with van der Waals surface area (Å²) in [6.07, 6.45) is 4.96. The van der Waals surface area contributed by atoms with E-state index in [1.54, 1.807) is 12.1 Å². The molecule has 0 radical (unpaired) electrons. The summed E-state index contributed by atoms with van der Waals surface area (Å²) >= 11 is 0. The maximum absolute atomic E-state index is 13.1. The van der Waals surface area contributed by atoms with E-state index in [1.807, 2.05) is 4.90 Å². The monoisotopic (exact) mass is 332 g/mol. The van der Waals surface area contributed by atoms with E-state index < -0.39 is 10.5 Å². The Bertz CT molecular complexity index is 620. The van der Waals surface area contributed by atoms with Gasteiger partial charge in [0.1, 0.15) is 5.54 Å². The molecule has 1 heterocycles. The standard InChI is InChI=1S/C17H24N4O3/c18-13-6-8-17(9-7-13,16(22)20-10-1-2-11-20)19-14-4-3-5-15(12-14)21(23)24/h3-5,12-13,19H,1-2,6-11,18H2. The van der Waals surface area contributed by atoms with E-state index in [0.717, 1.165) is 38.8 Å². The molecule has 1 amide bonds. The minimum absolute atomic E-state index is 0.0243. The molecule has 1 aliphatic carbocycles. The van der Waals surface area contributed by atoms with E-state index in [9.17, 15) is 14.9 Å². The highest BCUT2D eigenvalue weighted by atomic mass is 16.6. The van der Waals surface area contributed by atoms with Crippen molar-refractivity contribution in [1.29, 1.82) is 0 Å². The van der Waals surface area contributed by atoms with Crippen LogP contribution < -0.4 is 11.1 Å². The lowest BCUT2D eigenvalue weighted by molar-refractivity contribution is -0.384. The molecule has 3 N–H and O–H groups in total. The fraction of sp³-hybridized carbons (Fsp3) is 0.588. The number of nitrogens with two attached hydrogens (primary N) is 1. The average molecular weight is 332 g/mol. The van der Waals surface area contributed by atoms with Gasteiger partial charge in [0.25, 0.3) is 5.69 Å². The molecule has 7 heteroatoms. The van der Waals surface area contributed by atoms with Crippen molar-refractivity contribution in [2.75, 3.05) is 18.4 Å². The smallest absolute Gasteiger partial charge is 0.271 e. The molecule has 2 fully saturated rings. The number of carbonyl (C=O) groups is 1. The van der Waals surface area contributed by atoms with E-state index in [1.165, 1.54) is 12.1 Å². The number of rotatable bonds is 4. The van der Waals surface area contributed by atoms with Gasteiger partial charge in [-0.1, -0.05) is 6.07 Å². The largest absolute Gasteiger partial charge is 0.371 e. The van der Waals surface area contributed by atoms with Crippen molar-refractivity contribution >= 4 is 17.3 Å². The van der Waals surface area contributed by atoms with E-state index in [2.05, 4.69) is 5.32 Å². The van der Waals surface area contributed by atoms with Crippen LogP contribution in [0.4, 0.5) is 11.4 Å². The number of anilines is 1. The third kappa shape index (κ3) is 3.36. The number of likely N-dealkylation sites (tertiary alicyclic amines) is 1. The number of nitro groups is 1. The second-order valence-corrected chi connectivity index (χ2v) is 6.85. The van der Waals surface area contributed by atoms with E-state index in [-0.39, 0.29) is 17.6 Å². The molecule has 0 unspecified atom stereocenters. The molecular formula is C17H24N4O3. The summed E-state index contributed by atoms with van der Waals surface area (Å²) < 4.78 is 0. The minimum Gasteiger partial charge on any atom is -0.371 e. The molecular weight excluding hydrogens is 308 g/mol. The Morgan fingerprint density at radius 2 is 1.96 bits per heavy atom. The molecule has 0 bridgehead atoms. The van der Waals surface area contributed by atoms with Crippen LogP contribution in [0.15, 0.2) is 24.3 Å². The molecule has 1 aromatic carbocycles. The third-order valence-corrected chi connectivity index (χ3v) is 5.13. The number of benzene rings is 1. The van der Waals surface area contributed by atoms with E-state index in [4.69, 9.17) is 5.73 Å². The quantitative estimate of drug-likeness (QED) is 0.650. The number of hydrogen-bond acceptors (Lipinski definition) is 5. The first-order chi connectivity index (χ1) is 11.5. The number of carbonyl (C=O) groups excluding carboxylic acids is 1. The summed E-state index contributed by atoms with van der Waals surface area (Å²) in [7, 11) is 0.